The van der Waals surface area contributed by atoms with E-state index in [1.165, 1.54) is 19.4 Å². The van der Waals surface area contributed by atoms with E-state index in [4.69, 9.17) is 21.4 Å². The summed E-state index contributed by atoms with van der Waals surface area (Å²) in [5.74, 6) is -1.10. The van der Waals surface area contributed by atoms with Crippen molar-refractivity contribution in [3.05, 3.63) is 28.5 Å². The lowest BCUT2D eigenvalue weighted by Gasteiger charge is -2.05. The van der Waals surface area contributed by atoms with Crippen LogP contribution in [0.2, 0.25) is 5.02 Å². The Morgan fingerprint density at radius 2 is 2.46 bits per heavy atom. The maximum atomic E-state index is 10.7. The third-order valence-corrected chi connectivity index (χ3v) is 1.84. The van der Waals surface area contributed by atoms with Gasteiger partial charge in [-0.15, -0.1) is 0 Å². The first-order chi connectivity index (χ1) is 6.16. The first kappa shape index (κ1) is 9.95. The molecule has 0 saturated carbocycles. The van der Waals surface area contributed by atoms with Crippen LogP contribution < -0.4 is 0 Å². The first-order valence-electron chi connectivity index (χ1n) is 3.52. The number of nitrogens with zero attached hydrogens (tertiary/aromatic N) is 1. The number of carboxylic acids is 1. The van der Waals surface area contributed by atoms with Crippen LogP contribution in [0.3, 0.4) is 0 Å². The van der Waals surface area contributed by atoms with E-state index in [0.717, 1.165) is 0 Å². The van der Waals surface area contributed by atoms with E-state index >= 15 is 0 Å². The van der Waals surface area contributed by atoms with Gasteiger partial charge in [0.05, 0.1) is 11.6 Å². The molecule has 0 spiro atoms. The Labute approximate surface area is 80.1 Å². The Kier molecular flexibility index (Phi) is 3.22. The van der Waals surface area contributed by atoms with Gasteiger partial charge in [-0.05, 0) is 6.07 Å². The Balaban J connectivity index is 3.17. The van der Waals surface area contributed by atoms with Crippen molar-refractivity contribution in [2.75, 3.05) is 7.11 Å². The van der Waals surface area contributed by atoms with Gasteiger partial charge in [-0.1, -0.05) is 11.6 Å². The number of aromatic carboxylic acids is 1. The molecule has 13 heavy (non-hydrogen) atoms. The molecular formula is C8H8ClNO3. The average molecular weight is 202 g/mol. The van der Waals surface area contributed by atoms with Crippen molar-refractivity contribution in [1.29, 1.82) is 0 Å². The first-order valence-corrected chi connectivity index (χ1v) is 3.90. The van der Waals surface area contributed by atoms with Crippen LogP contribution in [-0.2, 0) is 11.3 Å². The molecule has 1 N–H and O–H groups in total. The minimum absolute atomic E-state index is 0.0608. The molecule has 0 amide bonds. The number of rotatable bonds is 3. The molecule has 0 aliphatic rings. The Bertz CT molecular complexity index is 327. The molecule has 0 atom stereocenters. The molecule has 0 unspecified atom stereocenters. The van der Waals surface area contributed by atoms with Crippen LogP contribution in [0.1, 0.15) is 16.1 Å². The van der Waals surface area contributed by atoms with Gasteiger partial charge in [0.2, 0.25) is 0 Å². The molecule has 1 rings (SSSR count). The highest BCUT2D eigenvalue weighted by Crippen LogP contribution is 2.18. The highest BCUT2D eigenvalue weighted by Gasteiger charge is 2.13. The zero-order valence-corrected chi connectivity index (χ0v) is 7.71. The summed E-state index contributed by atoms with van der Waals surface area (Å²) in [6.07, 6.45) is 1.35. The van der Waals surface area contributed by atoms with Gasteiger partial charge in [-0.3, -0.25) is 0 Å². The number of carboxylic acid groups (broad SMARTS) is 1. The summed E-state index contributed by atoms with van der Waals surface area (Å²) in [5.41, 5.74) is 0.341. The predicted octanol–water partition coefficient (Wildman–Crippen LogP) is 1.58. The van der Waals surface area contributed by atoms with E-state index in [2.05, 4.69) is 4.98 Å². The van der Waals surface area contributed by atoms with Gasteiger partial charge in [-0.25, -0.2) is 9.78 Å². The van der Waals surface area contributed by atoms with E-state index in [-0.39, 0.29) is 12.3 Å². The van der Waals surface area contributed by atoms with Crippen LogP contribution in [0, 0.1) is 0 Å². The second-order valence-corrected chi connectivity index (χ2v) is 2.77. The van der Waals surface area contributed by atoms with E-state index in [9.17, 15) is 4.79 Å². The molecule has 0 aromatic carbocycles. The number of hydrogen-bond donors (Lipinski definition) is 1. The van der Waals surface area contributed by atoms with Gasteiger partial charge in [0.15, 0.2) is 5.69 Å². The largest absolute Gasteiger partial charge is 0.477 e. The fraction of sp³-hybridized carbons (Fsp3) is 0.250. The molecule has 1 aromatic heterocycles. The van der Waals surface area contributed by atoms with Crippen LogP contribution >= 0.6 is 11.6 Å². The predicted molar refractivity (Wildman–Crippen MR) is 46.9 cm³/mol. The normalized spacial score (nSPS) is 10.0. The van der Waals surface area contributed by atoms with Crippen molar-refractivity contribution in [1.82, 2.24) is 4.98 Å². The second-order valence-electron chi connectivity index (χ2n) is 2.36. The molecule has 1 heterocycles. The van der Waals surface area contributed by atoms with Crippen LogP contribution in [0.25, 0.3) is 0 Å². The maximum absolute atomic E-state index is 10.7. The van der Waals surface area contributed by atoms with Crippen molar-refractivity contribution >= 4 is 17.6 Å². The molecule has 0 radical (unpaired) electrons. The fourth-order valence-electron chi connectivity index (χ4n) is 0.935. The highest BCUT2D eigenvalue weighted by molar-refractivity contribution is 6.31. The molecule has 0 aliphatic carbocycles. The lowest BCUT2D eigenvalue weighted by molar-refractivity contribution is 0.0685. The SMILES string of the molecule is COCc1c(Cl)ccnc1C(=O)O. The van der Waals surface area contributed by atoms with Crippen molar-refractivity contribution in [3.63, 3.8) is 0 Å². The summed E-state index contributed by atoms with van der Waals surface area (Å²) >= 11 is 5.77. The third-order valence-electron chi connectivity index (χ3n) is 1.49. The Hall–Kier alpha value is -1.13. The fourth-order valence-corrected chi connectivity index (χ4v) is 1.14. The zero-order valence-electron chi connectivity index (χ0n) is 6.95. The summed E-state index contributed by atoms with van der Waals surface area (Å²) in [7, 11) is 1.47. The number of carbonyl (C=O) groups is 1. The van der Waals surface area contributed by atoms with E-state index in [0.29, 0.717) is 10.6 Å². The minimum Gasteiger partial charge on any atom is -0.477 e. The summed E-state index contributed by atoms with van der Waals surface area (Å²) in [6.45, 7) is 0.147. The summed E-state index contributed by atoms with van der Waals surface area (Å²) in [6, 6.07) is 1.53. The van der Waals surface area contributed by atoms with Crippen LogP contribution in [0.4, 0.5) is 0 Å². The zero-order chi connectivity index (χ0) is 9.84. The number of halogens is 1. The van der Waals surface area contributed by atoms with Gasteiger partial charge < -0.3 is 9.84 Å². The highest BCUT2D eigenvalue weighted by atomic mass is 35.5. The lowest BCUT2D eigenvalue weighted by Crippen LogP contribution is -2.06. The summed E-state index contributed by atoms with van der Waals surface area (Å²) in [4.78, 5) is 14.4. The number of aromatic nitrogens is 1. The number of pyridine rings is 1. The number of ether oxygens (including phenoxy) is 1. The Morgan fingerprint density at radius 3 is 3.00 bits per heavy atom. The molecule has 0 saturated heterocycles. The van der Waals surface area contributed by atoms with Crippen LogP contribution in [0.15, 0.2) is 12.3 Å². The smallest absolute Gasteiger partial charge is 0.354 e. The number of methoxy groups -OCH3 is 1. The van der Waals surface area contributed by atoms with Crippen molar-refractivity contribution in [2.45, 2.75) is 6.61 Å². The molecule has 5 heteroatoms. The van der Waals surface area contributed by atoms with Gasteiger partial charge in [0.1, 0.15) is 0 Å². The van der Waals surface area contributed by atoms with E-state index in [1.54, 1.807) is 0 Å². The topological polar surface area (TPSA) is 59.4 Å². The molecule has 4 nitrogen and oxygen atoms in total. The maximum Gasteiger partial charge on any atom is 0.354 e. The molecular weight excluding hydrogens is 194 g/mol. The van der Waals surface area contributed by atoms with Crippen molar-refractivity contribution in [2.24, 2.45) is 0 Å². The van der Waals surface area contributed by atoms with E-state index in [1.807, 2.05) is 0 Å². The van der Waals surface area contributed by atoms with Crippen LogP contribution in [-0.4, -0.2) is 23.2 Å². The van der Waals surface area contributed by atoms with E-state index < -0.39 is 5.97 Å². The lowest BCUT2D eigenvalue weighted by atomic mass is 10.2. The summed E-state index contributed by atoms with van der Waals surface area (Å²) < 4.78 is 4.81. The molecule has 1 aromatic rings. The van der Waals surface area contributed by atoms with Crippen LogP contribution in [0.5, 0.6) is 0 Å². The molecule has 0 fully saturated rings. The third kappa shape index (κ3) is 2.17. The average Bonchev–Trinajstić information content (AvgIpc) is 2.08. The standard InChI is InChI=1S/C8H8ClNO3/c1-13-4-5-6(9)2-3-10-7(5)8(11)12/h2-3H,4H2,1H3,(H,11,12). The molecule has 0 bridgehead atoms. The minimum atomic E-state index is -1.10. The Morgan fingerprint density at radius 1 is 1.77 bits per heavy atom. The van der Waals surface area contributed by atoms with Crippen molar-refractivity contribution in [3.8, 4) is 0 Å². The molecule has 70 valence electrons. The summed E-state index contributed by atoms with van der Waals surface area (Å²) in [5, 5.41) is 9.10. The monoisotopic (exact) mass is 201 g/mol. The molecule has 0 aliphatic heterocycles. The second kappa shape index (κ2) is 4.20. The van der Waals surface area contributed by atoms with Gasteiger partial charge in [0.25, 0.3) is 0 Å². The van der Waals surface area contributed by atoms with Crippen molar-refractivity contribution < 1.29 is 14.6 Å². The van der Waals surface area contributed by atoms with Gasteiger partial charge in [0, 0.05) is 18.9 Å². The van der Waals surface area contributed by atoms with Gasteiger partial charge >= 0.3 is 5.97 Å². The van der Waals surface area contributed by atoms with Gasteiger partial charge in [-0.2, -0.15) is 0 Å². The quantitative estimate of drug-likeness (QED) is 0.807. The number of hydrogen-bond acceptors (Lipinski definition) is 3.